The first-order valence-electron chi connectivity index (χ1n) is 8.51. The Labute approximate surface area is 126 Å². The van der Waals surface area contributed by atoms with Crippen molar-refractivity contribution < 1.29 is 4.74 Å². The fourth-order valence-electron chi connectivity index (χ4n) is 2.85. The molecule has 0 saturated carbocycles. The molecule has 3 nitrogen and oxygen atoms in total. The molecule has 0 aliphatic carbocycles. The Balaban J connectivity index is 2.19. The van der Waals surface area contributed by atoms with Gasteiger partial charge in [0, 0.05) is 32.2 Å². The molecule has 0 amide bonds. The molecule has 0 spiro atoms. The number of rotatable bonds is 9. The van der Waals surface area contributed by atoms with E-state index in [0.29, 0.717) is 17.6 Å². The van der Waals surface area contributed by atoms with Crippen molar-refractivity contribution in [1.29, 1.82) is 0 Å². The van der Waals surface area contributed by atoms with Crippen LogP contribution in [0.1, 0.15) is 60.3 Å². The molecule has 20 heavy (non-hydrogen) atoms. The van der Waals surface area contributed by atoms with Crippen LogP contribution < -0.4 is 5.32 Å². The van der Waals surface area contributed by atoms with E-state index in [1.807, 2.05) is 0 Å². The molecule has 120 valence electrons. The van der Waals surface area contributed by atoms with Gasteiger partial charge >= 0.3 is 0 Å². The van der Waals surface area contributed by atoms with Crippen molar-refractivity contribution in [3.63, 3.8) is 0 Å². The highest BCUT2D eigenvalue weighted by atomic mass is 16.5. The Kier molecular flexibility index (Phi) is 8.08. The third-order valence-electron chi connectivity index (χ3n) is 4.33. The van der Waals surface area contributed by atoms with Crippen molar-refractivity contribution in [2.24, 2.45) is 5.41 Å². The molecule has 1 unspecified atom stereocenters. The van der Waals surface area contributed by atoms with Crippen LogP contribution in [-0.2, 0) is 4.74 Å². The summed E-state index contributed by atoms with van der Waals surface area (Å²) in [5, 5.41) is 3.63. The van der Waals surface area contributed by atoms with Crippen LogP contribution in [0.4, 0.5) is 0 Å². The Hall–Kier alpha value is -0.120. The Morgan fingerprint density at radius 1 is 1.30 bits per heavy atom. The van der Waals surface area contributed by atoms with Gasteiger partial charge in [-0.25, -0.2) is 0 Å². The van der Waals surface area contributed by atoms with Crippen LogP contribution in [0.2, 0.25) is 0 Å². The minimum Gasteiger partial charge on any atom is -0.374 e. The molecule has 1 heterocycles. The lowest BCUT2D eigenvalue weighted by atomic mass is 9.87. The van der Waals surface area contributed by atoms with E-state index in [4.69, 9.17) is 4.74 Å². The van der Waals surface area contributed by atoms with Crippen LogP contribution in [0, 0.1) is 5.41 Å². The second kappa shape index (κ2) is 9.01. The minimum atomic E-state index is 0.359. The second-order valence-electron chi connectivity index (χ2n) is 7.33. The van der Waals surface area contributed by atoms with Gasteiger partial charge in [-0.3, -0.25) is 4.90 Å². The van der Waals surface area contributed by atoms with E-state index in [9.17, 15) is 0 Å². The maximum absolute atomic E-state index is 5.87. The maximum Gasteiger partial charge on any atom is 0.0826 e. The van der Waals surface area contributed by atoms with Gasteiger partial charge in [-0.05, 0) is 25.7 Å². The van der Waals surface area contributed by atoms with Crippen LogP contribution in [0.5, 0.6) is 0 Å². The SMILES string of the molecule is CCCCCC(C)(C)CNCC1CN(C(C)C)CCO1. The lowest BCUT2D eigenvalue weighted by molar-refractivity contribution is -0.0378. The summed E-state index contributed by atoms with van der Waals surface area (Å²) in [4.78, 5) is 2.52. The smallest absolute Gasteiger partial charge is 0.0826 e. The molecule has 0 aromatic carbocycles. The lowest BCUT2D eigenvalue weighted by Crippen LogP contribution is -2.49. The molecular weight excluding hydrogens is 248 g/mol. The molecule has 1 fully saturated rings. The molecule has 1 atom stereocenters. The number of hydrogen-bond acceptors (Lipinski definition) is 3. The van der Waals surface area contributed by atoms with Gasteiger partial charge < -0.3 is 10.1 Å². The van der Waals surface area contributed by atoms with E-state index < -0.39 is 0 Å². The van der Waals surface area contributed by atoms with Gasteiger partial charge in [0.15, 0.2) is 0 Å². The quantitative estimate of drug-likeness (QED) is 0.658. The van der Waals surface area contributed by atoms with Gasteiger partial charge in [0.1, 0.15) is 0 Å². The van der Waals surface area contributed by atoms with Crippen molar-refractivity contribution in [3.05, 3.63) is 0 Å². The summed E-state index contributed by atoms with van der Waals surface area (Å²) < 4.78 is 5.87. The third-order valence-corrected chi connectivity index (χ3v) is 4.33. The molecule has 1 aliphatic rings. The first kappa shape index (κ1) is 17.9. The first-order valence-corrected chi connectivity index (χ1v) is 8.51. The highest BCUT2D eigenvalue weighted by Crippen LogP contribution is 2.22. The Morgan fingerprint density at radius 2 is 2.05 bits per heavy atom. The summed E-state index contributed by atoms with van der Waals surface area (Å²) in [6.07, 6.45) is 5.70. The van der Waals surface area contributed by atoms with Gasteiger partial charge in [-0.1, -0.05) is 40.0 Å². The summed E-state index contributed by atoms with van der Waals surface area (Å²) in [7, 11) is 0. The molecule has 0 aromatic heterocycles. The third kappa shape index (κ3) is 7.05. The number of ether oxygens (including phenoxy) is 1. The molecule has 0 radical (unpaired) electrons. The van der Waals surface area contributed by atoms with E-state index in [2.05, 4.69) is 44.8 Å². The average molecular weight is 284 g/mol. The highest BCUT2D eigenvalue weighted by molar-refractivity contribution is 4.78. The molecule has 1 N–H and O–H groups in total. The van der Waals surface area contributed by atoms with Crippen molar-refractivity contribution in [2.75, 3.05) is 32.8 Å². The van der Waals surface area contributed by atoms with Crippen molar-refractivity contribution in [1.82, 2.24) is 10.2 Å². The molecular formula is C17H36N2O. The average Bonchev–Trinajstić information content (AvgIpc) is 2.39. The highest BCUT2D eigenvalue weighted by Gasteiger charge is 2.23. The molecule has 1 saturated heterocycles. The van der Waals surface area contributed by atoms with Crippen molar-refractivity contribution in [2.45, 2.75) is 72.4 Å². The van der Waals surface area contributed by atoms with Crippen LogP contribution in [0.25, 0.3) is 0 Å². The fraction of sp³-hybridized carbons (Fsp3) is 1.00. The van der Waals surface area contributed by atoms with Crippen molar-refractivity contribution in [3.8, 4) is 0 Å². The van der Waals surface area contributed by atoms with E-state index in [1.54, 1.807) is 0 Å². The predicted octanol–water partition coefficient (Wildman–Crippen LogP) is 3.29. The number of nitrogens with one attached hydrogen (secondary N) is 1. The van der Waals surface area contributed by atoms with Gasteiger partial charge in [0.2, 0.25) is 0 Å². The molecule has 0 aromatic rings. The standard InChI is InChI=1S/C17H36N2O/c1-6-7-8-9-17(4,5)14-18-12-16-13-19(15(2)3)10-11-20-16/h15-16,18H,6-14H2,1-5H3. The largest absolute Gasteiger partial charge is 0.374 e. The van der Waals surface area contributed by atoms with Gasteiger partial charge in [-0.15, -0.1) is 0 Å². The molecule has 3 heteroatoms. The second-order valence-corrected chi connectivity index (χ2v) is 7.33. The van der Waals surface area contributed by atoms with Crippen LogP contribution in [-0.4, -0.2) is 49.8 Å². The summed E-state index contributed by atoms with van der Waals surface area (Å²) in [5.74, 6) is 0. The fourth-order valence-corrected chi connectivity index (χ4v) is 2.85. The predicted molar refractivity (Wildman–Crippen MR) is 87.2 cm³/mol. The van der Waals surface area contributed by atoms with E-state index in [0.717, 1.165) is 32.8 Å². The van der Waals surface area contributed by atoms with Gasteiger partial charge in [0.05, 0.1) is 12.7 Å². The minimum absolute atomic E-state index is 0.359. The van der Waals surface area contributed by atoms with Crippen molar-refractivity contribution >= 4 is 0 Å². The monoisotopic (exact) mass is 284 g/mol. The summed E-state index contributed by atoms with van der Waals surface area (Å²) in [6, 6.07) is 0.631. The maximum atomic E-state index is 5.87. The van der Waals surface area contributed by atoms with E-state index in [-0.39, 0.29) is 0 Å². The van der Waals surface area contributed by atoms with Crippen LogP contribution in [0.15, 0.2) is 0 Å². The van der Waals surface area contributed by atoms with E-state index >= 15 is 0 Å². The van der Waals surface area contributed by atoms with E-state index in [1.165, 1.54) is 25.7 Å². The van der Waals surface area contributed by atoms with Crippen LogP contribution >= 0.6 is 0 Å². The topological polar surface area (TPSA) is 24.5 Å². The first-order chi connectivity index (χ1) is 9.44. The zero-order chi connectivity index (χ0) is 15.0. The number of unbranched alkanes of at least 4 members (excludes halogenated alkanes) is 2. The Morgan fingerprint density at radius 3 is 2.70 bits per heavy atom. The lowest BCUT2D eigenvalue weighted by Gasteiger charge is -2.36. The zero-order valence-electron chi connectivity index (χ0n) is 14.4. The zero-order valence-corrected chi connectivity index (χ0v) is 14.4. The molecule has 1 aliphatic heterocycles. The Bertz CT molecular complexity index is 253. The summed E-state index contributed by atoms with van der Waals surface area (Å²) in [6.45, 7) is 16.7. The normalized spacial score (nSPS) is 21.6. The summed E-state index contributed by atoms with van der Waals surface area (Å²) in [5.41, 5.74) is 0.404. The summed E-state index contributed by atoms with van der Waals surface area (Å²) >= 11 is 0. The van der Waals surface area contributed by atoms with Gasteiger partial charge in [0.25, 0.3) is 0 Å². The van der Waals surface area contributed by atoms with Crippen LogP contribution in [0.3, 0.4) is 0 Å². The molecule has 0 bridgehead atoms. The van der Waals surface area contributed by atoms with Gasteiger partial charge in [-0.2, -0.15) is 0 Å². The molecule has 1 rings (SSSR count). The number of nitrogens with zero attached hydrogens (tertiary/aromatic N) is 1. The number of morpholine rings is 1. The number of hydrogen-bond donors (Lipinski definition) is 1.